The Kier molecular flexibility index (Phi) is 9.04. The fraction of sp³-hybridized carbons (Fsp3) is 0.314. The molecule has 10 nitrogen and oxygen atoms in total. The highest BCUT2D eigenvalue weighted by molar-refractivity contribution is 6.04. The summed E-state index contributed by atoms with van der Waals surface area (Å²) in [4.78, 5) is 28.8. The molecule has 2 aromatic heterocycles. The van der Waals surface area contributed by atoms with Crippen LogP contribution in [0.5, 0.6) is 5.75 Å². The lowest BCUT2D eigenvalue weighted by Gasteiger charge is -2.16. The molecule has 0 aliphatic carbocycles. The zero-order chi connectivity index (χ0) is 31.3. The SMILES string of the molecule is CCCOC1N=C(c2ccccc2-c2ccc(Cc3c(CCC)n4ncnc4n(-c4ccc(OC(C)C)cc4)c3=O)cc2)NO1. The van der Waals surface area contributed by atoms with Crippen LogP contribution in [-0.4, -0.2) is 44.1 Å². The number of aryl methyl sites for hydroxylation is 1. The molecule has 0 radical (unpaired) electrons. The monoisotopic (exact) mass is 606 g/mol. The Balaban J connectivity index is 1.34. The van der Waals surface area contributed by atoms with Crippen LogP contribution in [0.15, 0.2) is 88.9 Å². The highest BCUT2D eigenvalue weighted by Gasteiger charge is 2.22. The Morgan fingerprint density at radius 1 is 0.956 bits per heavy atom. The predicted octanol–water partition coefficient (Wildman–Crippen LogP) is 5.87. The molecule has 1 aliphatic heterocycles. The Labute approximate surface area is 262 Å². The summed E-state index contributed by atoms with van der Waals surface area (Å²) in [6.45, 7) is 8.68. The van der Waals surface area contributed by atoms with E-state index in [0.29, 0.717) is 42.3 Å². The molecule has 6 rings (SSSR count). The number of rotatable bonds is 12. The van der Waals surface area contributed by atoms with Crippen molar-refractivity contribution in [2.45, 2.75) is 65.9 Å². The summed E-state index contributed by atoms with van der Waals surface area (Å²) in [5.41, 5.74) is 9.08. The molecular formula is C35H38N6O4. The van der Waals surface area contributed by atoms with Crippen LogP contribution in [0.25, 0.3) is 22.6 Å². The smallest absolute Gasteiger partial charge is 0.282 e. The maximum absolute atomic E-state index is 14.2. The van der Waals surface area contributed by atoms with Gasteiger partial charge in [-0.25, -0.2) is 24.4 Å². The quantitative estimate of drug-likeness (QED) is 0.189. The first kappa shape index (κ1) is 30.2. The molecule has 45 heavy (non-hydrogen) atoms. The number of fused-ring (bicyclic) bond motifs is 1. The zero-order valence-electron chi connectivity index (χ0n) is 26.1. The number of benzene rings is 3. The molecule has 0 amide bonds. The maximum Gasteiger partial charge on any atom is 0.282 e. The second kappa shape index (κ2) is 13.5. The van der Waals surface area contributed by atoms with Crippen LogP contribution in [-0.2, 0) is 22.4 Å². The molecule has 3 aromatic carbocycles. The third kappa shape index (κ3) is 6.38. The predicted molar refractivity (Wildman–Crippen MR) is 174 cm³/mol. The van der Waals surface area contributed by atoms with E-state index in [1.54, 1.807) is 9.08 Å². The van der Waals surface area contributed by atoms with E-state index >= 15 is 0 Å². The first-order valence-electron chi connectivity index (χ1n) is 15.5. The van der Waals surface area contributed by atoms with E-state index in [2.05, 4.69) is 57.8 Å². The minimum atomic E-state index is -0.662. The van der Waals surface area contributed by atoms with Gasteiger partial charge in [-0.3, -0.25) is 4.79 Å². The van der Waals surface area contributed by atoms with E-state index in [4.69, 9.17) is 14.3 Å². The van der Waals surface area contributed by atoms with Crippen molar-refractivity contribution in [3.05, 3.63) is 112 Å². The molecule has 0 saturated heterocycles. The average molecular weight is 607 g/mol. The first-order valence-corrected chi connectivity index (χ1v) is 15.5. The minimum Gasteiger partial charge on any atom is -0.491 e. The van der Waals surface area contributed by atoms with Gasteiger partial charge in [0, 0.05) is 17.5 Å². The van der Waals surface area contributed by atoms with Gasteiger partial charge in [-0.2, -0.15) is 10.1 Å². The Hall–Kier alpha value is -4.80. The normalized spacial score (nSPS) is 14.6. The van der Waals surface area contributed by atoms with E-state index in [9.17, 15) is 4.79 Å². The topological polar surface area (TPSA) is 104 Å². The highest BCUT2D eigenvalue weighted by Crippen LogP contribution is 2.27. The molecule has 5 aromatic rings. The van der Waals surface area contributed by atoms with Crippen molar-refractivity contribution in [1.29, 1.82) is 0 Å². The summed E-state index contributed by atoms with van der Waals surface area (Å²) in [7, 11) is 0. The lowest BCUT2D eigenvalue weighted by molar-refractivity contribution is -0.144. The van der Waals surface area contributed by atoms with Gasteiger partial charge in [-0.05, 0) is 67.6 Å². The number of amidine groups is 1. The van der Waals surface area contributed by atoms with Gasteiger partial charge in [0.2, 0.25) is 5.78 Å². The van der Waals surface area contributed by atoms with Gasteiger partial charge in [0.1, 0.15) is 12.1 Å². The molecule has 1 aliphatic rings. The highest BCUT2D eigenvalue weighted by atomic mass is 16.8. The summed E-state index contributed by atoms with van der Waals surface area (Å²) in [5, 5.41) is 4.53. The summed E-state index contributed by atoms with van der Waals surface area (Å²) < 4.78 is 14.9. The molecule has 1 atom stereocenters. The number of aliphatic imine (C=N–C) groups is 1. The maximum atomic E-state index is 14.2. The second-order valence-corrected chi connectivity index (χ2v) is 11.2. The number of nitrogens with zero attached hydrogens (tertiary/aromatic N) is 5. The summed E-state index contributed by atoms with van der Waals surface area (Å²) in [6, 6.07) is 23.9. The van der Waals surface area contributed by atoms with E-state index < -0.39 is 6.41 Å². The van der Waals surface area contributed by atoms with Crippen LogP contribution in [0, 0.1) is 0 Å². The summed E-state index contributed by atoms with van der Waals surface area (Å²) in [6.07, 6.45) is 3.82. The van der Waals surface area contributed by atoms with Crippen molar-refractivity contribution in [1.82, 2.24) is 24.6 Å². The van der Waals surface area contributed by atoms with Crippen LogP contribution < -0.4 is 15.8 Å². The number of ether oxygens (including phenoxy) is 2. The first-order chi connectivity index (χ1) is 22.0. The van der Waals surface area contributed by atoms with Gasteiger partial charge in [0.25, 0.3) is 12.0 Å². The third-order valence-electron chi connectivity index (χ3n) is 7.53. The molecule has 1 N–H and O–H groups in total. The standard InChI is InChI=1S/C35H38N6O4/c1-5-9-31-30(33(42)40(34-36-22-37-41(31)34)26-16-18-27(19-17-26)44-23(3)4)21-24-12-14-25(15-13-24)28-10-7-8-11-29(28)32-38-35(45-39-32)43-20-6-2/h7-8,10-19,22-23,35H,5-6,9,20-21H2,1-4H3,(H,38,39). The largest absolute Gasteiger partial charge is 0.491 e. The van der Waals surface area contributed by atoms with Gasteiger partial charge in [-0.1, -0.05) is 68.8 Å². The van der Waals surface area contributed by atoms with Crippen LogP contribution in [0.4, 0.5) is 0 Å². The molecule has 0 spiro atoms. The van der Waals surface area contributed by atoms with E-state index in [1.165, 1.54) is 6.33 Å². The van der Waals surface area contributed by atoms with E-state index in [0.717, 1.165) is 46.5 Å². The van der Waals surface area contributed by atoms with Gasteiger partial charge >= 0.3 is 0 Å². The molecular weight excluding hydrogens is 568 g/mol. The van der Waals surface area contributed by atoms with Gasteiger partial charge in [0.15, 0.2) is 5.84 Å². The molecule has 0 saturated carbocycles. The summed E-state index contributed by atoms with van der Waals surface area (Å²) in [5.74, 6) is 1.87. The zero-order valence-corrected chi connectivity index (χ0v) is 26.1. The van der Waals surface area contributed by atoms with Crippen molar-refractivity contribution < 1.29 is 14.3 Å². The lowest BCUT2D eigenvalue weighted by atomic mass is 9.96. The fourth-order valence-electron chi connectivity index (χ4n) is 5.53. The Morgan fingerprint density at radius 3 is 2.42 bits per heavy atom. The Bertz CT molecular complexity index is 1860. The molecule has 0 bridgehead atoms. The van der Waals surface area contributed by atoms with Crippen LogP contribution in [0.3, 0.4) is 0 Å². The summed E-state index contributed by atoms with van der Waals surface area (Å²) >= 11 is 0. The van der Waals surface area contributed by atoms with Crippen molar-refractivity contribution in [2.24, 2.45) is 4.99 Å². The van der Waals surface area contributed by atoms with E-state index in [1.807, 2.05) is 63.2 Å². The number of nitrogens with one attached hydrogen (secondary N) is 1. The van der Waals surface area contributed by atoms with Crippen molar-refractivity contribution in [3.63, 3.8) is 0 Å². The Morgan fingerprint density at radius 2 is 1.71 bits per heavy atom. The van der Waals surface area contributed by atoms with Crippen LogP contribution >= 0.6 is 0 Å². The molecule has 0 fully saturated rings. The van der Waals surface area contributed by atoms with Gasteiger partial charge in [-0.15, -0.1) is 0 Å². The van der Waals surface area contributed by atoms with Gasteiger partial charge < -0.3 is 9.47 Å². The third-order valence-corrected chi connectivity index (χ3v) is 7.53. The van der Waals surface area contributed by atoms with Gasteiger partial charge in [0.05, 0.1) is 24.1 Å². The van der Waals surface area contributed by atoms with Crippen molar-refractivity contribution in [3.8, 4) is 22.6 Å². The molecule has 232 valence electrons. The number of hydrogen-bond acceptors (Lipinski definition) is 8. The lowest BCUT2D eigenvalue weighted by Crippen LogP contribution is -2.28. The fourth-order valence-corrected chi connectivity index (χ4v) is 5.53. The number of hydroxylamine groups is 1. The van der Waals surface area contributed by atoms with E-state index in [-0.39, 0.29) is 11.7 Å². The van der Waals surface area contributed by atoms with Crippen LogP contribution in [0.2, 0.25) is 0 Å². The average Bonchev–Trinajstić information content (AvgIpc) is 3.73. The molecule has 3 heterocycles. The van der Waals surface area contributed by atoms with Crippen LogP contribution in [0.1, 0.15) is 62.9 Å². The van der Waals surface area contributed by atoms with Crippen molar-refractivity contribution in [2.75, 3.05) is 6.61 Å². The molecule has 1 unspecified atom stereocenters. The molecule has 10 heteroatoms. The number of aromatic nitrogens is 4. The minimum absolute atomic E-state index is 0.0567. The second-order valence-electron chi connectivity index (χ2n) is 11.2. The van der Waals surface area contributed by atoms with Crippen molar-refractivity contribution >= 4 is 11.6 Å². The number of hydrogen-bond donors (Lipinski definition) is 1.